The first-order valence-electron chi connectivity index (χ1n) is 8.81. The van der Waals surface area contributed by atoms with Crippen molar-refractivity contribution in [3.05, 3.63) is 65.2 Å². The molecule has 27 heavy (non-hydrogen) atoms. The van der Waals surface area contributed by atoms with Crippen LogP contribution < -0.4 is 15.4 Å². The van der Waals surface area contributed by atoms with Gasteiger partial charge in [-0.05, 0) is 23.8 Å². The Labute approximate surface area is 156 Å². The molecule has 138 valence electrons. The molecule has 7 nitrogen and oxygen atoms in total. The van der Waals surface area contributed by atoms with Gasteiger partial charge < -0.3 is 15.4 Å². The van der Waals surface area contributed by atoms with Gasteiger partial charge in [0.25, 0.3) is 5.91 Å². The lowest BCUT2D eigenvalue weighted by molar-refractivity contribution is -0.125. The Hall–Kier alpha value is -3.35. The first kappa shape index (κ1) is 17.1. The van der Waals surface area contributed by atoms with Crippen LogP contribution in [0.4, 0.5) is 4.79 Å². The minimum Gasteiger partial charge on any atom is -0.493 e. The molecule has 2 aromatic carbocycles. The second-order valence-corrected chi connectivity index (χ2v) is 6.54. The van der Waals surface area contributed by atoms with Crippen molar-refractivity contribution in [3.8, 4) is 5.75 Å². The molecular formula is C20H19N3O4. The number of fused-ring (bicyclic) bond motifs is 1. The smallest absolute Gasteiger partial charge is 0.324 e. The van der Waals surface area contributed by atoms with E-state index in [1.165, 1.54) is 0 Å². The van der Waals surface area contributed by atoms with Crippen LogP contribution in [0, 0.1) is 0 Å². The molecule has 0 unspecified atom stereocenters. The summed E-state index contributed by atoms with van der Waals surface area (Å²) >= 11 is 0. The van der Waals surface area contributed by atoms with Gasteiger partial charge in [0.1, 0.15) is 5.75 Å². The van der Waals surface area contributed by atoms with Gasteiger partial charge in [-0.1, -0.05) is 30.3 Å². The highest BCUT2D eigenvalue weighted by molar-refractivity contribution is 6.01. The second kappa shape index (κ2) is 7.11. The third-order valence-corrected chi connectivity index (χ3v) is 4.76. The fraction of sp³-hybridized carbons (Fsp3) is 0.250. The molecule has 0 radical (unpaired) electrons. The molecule has 2 N–H and O–H groups in total. The molecular weight excluding hydrogens is 346 g/mol. The number of hydrogen-bond acceptors (Lipinski definition) is 4. The number of rotatable bonds is 4. The number of nitrogens with zero attached hydrogens (tertiary/aromatic N) is 1. The molecule has 2 aliphatic heterocycles. The number of para-hydroxylation sites is 1. The van der Waals surface area contributed by atoms with Crippen molar-refractivity contribution in [2.45, 2.75) is 19.0 Å². The normalized spacial score (nSPS) is 18.5. The molecule has 0 aromatic heterocycles. The summed E-state index contributed by atoms with van der Waals surface area (Å²) < 4.78 is 5.62. The van der Waals surface area contributed by atoms with E-state index in [0.717, 1.165) is 21.8 Å². The topological polar surface area (TPSA) is 87.7 Å². The van der Waals surface area contributed by atoms with Gasteiger partial charge in [-0.3, -0.25) is 14.5 Å². The van der Waals surface area contributed by atoms with Crippen LogP contribution in [0.15, 0.2) is 48.5 Å². The van der Waals surface area contributed by atoms with Crippen LogP contribution in [-0.4, -0.2) is 35.9 Å². The van der Waals surface area contributed by atoms with Gasteiger partial charge in [0.05, 0.1) is 25.7 Å². The van der Waals surface area contributed by atoms with E-state index in [9.17, 15) is 14.4 Å². The summed E-state index contributed by atoms with van der Waals surface area (Å²) in [5, 5.41) is 5.54. The maximum Gasteiger partial charge on any atom is 0.324 e. The van der Waals surface area contributed by atoms with Crippen molar-refractivity contribution in [2.75, 3.05) is 13.2 Å². The summed E-state index contributed by atoms with van der Waals surface area (Å²) in [7, 11) is 0. The van der Waals surface area contributed by atoms with Crippen LogP contribution >= 0.6 is 0 Å². The Balaban J connectivity index is 1.43. The number of urea groups is 1. The Morgan fingerprint density at radius 3 is 2.67 bits per heavy atom. The van der Waals surface area contributed by atoms with Crippen molar-refractivity contribution in [2.24, 2.45) is 0 Å². The van der Waals surface area contributed by atoms with Crippen LogP contribution in [0.3, 0.4) is 0 Å². The average Bonchev–Trinajstić information content (AvgIpc) is 3.01. The Morgan fingerprint density at radius 2 is 1.93 bits per heavy atom. The number of imide groups is 1. The lowest BCUT2D eigenvalue weighted by Crippen LogP contribution is -2.32. The molecule has 0 saturated carbocycles. The summed E-state index contributed by atoms with van der Waals surface area (Å²) in [6.07, 6.45) is 0.715. The quantitative estimate of drug-likeness (QED) is 0.811. The van der Waals surface area contributed by atoms with E-state index in [1.807, 2.05) is 24.3 Å². The minimum atomic E-state index is -0.389. The van der Waals surface area contributed by atoms with Crippen molar-refractivity contribution < 1.29 is 19.1 Å². The monoisotopic (exact) mass is 365 g/mol. The molecule has 2 aliphatic rings. The number of nitrogens with one attached hydrogen (secondary N) is 2. The molecule has 0 bridgehead atoms. The highest BCUT2D eigenvalue weighted by Gasteiger charge is 2.28. The number of carbonyl (C=O) groups is 3. The minimum absolute atomic E-state index is 0.0336. The van der Waals surface area contributed by atoms with E-state index in [4.69, 9.17) is 4.74 Å². The largest absolute Gasteiger partial charge is 0.493 e. The number of amides is 4. The molecule has 1 fully saturated rings. The van der Waals surface area contributed by atoms with Crippen LogP contribution in [0.1, 0.15) is 33.9 Å². The van der Waals surface area contributed by atoms with Crippen LogP contribution in [0.2, 0.25) is 0 Å². The van der Waals surface area contributed by atoms with Crippen LogP contribution in [0.5, 0.6) is 5.75 Å². The third kappa shape index (κ3) is 3.48. The fourth-order valence-electron chi connectivity index (χ4n) is 3.29. The van der Waals surface area contributed by atoms with Gasteiger partial charge >= 0.3 is 6.03 Å². The zero-order chi connectivity index (χ0) is 18.8. The number of benzene rings is 2. The van der Waals surface area contributed by atoms with Crippen LogP contribution in [-0.2, 0) is 11.3 Å². The molecule has 4 amide bonds. The first-order chi connectivity index (χ1) is 13.1. The molecule has 2 aromatic rings. The van der Waals surface area contributed by atoms with E-state index in [0.29, 0.717) is 18.6 Å². The number of carbonyl (C=O) groups excluding carboxylic acids is 3. The maximum absolute atomic E-state index is 12.6. The van der Waals surface area contributed by atoms with Gasteiger partial charge in [0.15, 0.2) is 0 Å². The molecule has 1 atom stereocenters. The van der Waals surface area contributed by atoms with Crippen molar-refractivity contribution in [3.63, 3.8) is 0 Å². The van der Waals surface area contributed by atoms with E-state index in [-0.39, 0.29) is 37.0 Å². The summed E-state index contributed by atoms with van der Waals surface area (Å²) in [6.45, 7) is 0.790. The number of ether oxygens (including phenoxy) is 1. The average molecular weight is 365 g/mol. The second-order valence-electron chi connectivity index (χ2n) is 6.54. The summed E-state index contributed by atoms with van der Waals surface area (Å²) in [5.74, 6) is 0.385. The standard InChI is InChI=1S/C20H19N3O4/c24-18-11-21-20(26)23(18)12-13-5-7-14(8-6-13)19(25)22-16-9-10-27-17-4-2-1-3-15(16)17/h1-8,16H,9-12H2,(H,21,26)(H,22,25)/t16-/m0/s1. The van der Waals surface area contributed by atoms with Gasteiger partial charge in [0.2, 0.25) is 5.91 Å². The lowest BCUT2D eigenvalue weighted by Gasteiger charge is -2.26. The van der Waals surface area contributed by atoms with E-state index >= 15 is 0 Å². The maximum atomic E-state index is 12.6. The Bertz CT molecular complexity index is 878. The lowest BCUT2D eigenvalue weighted by atomic mass is 10.00. The molecule has 2 heterocycles. The van der Waals surface area contributed by atoms with Crippen molar-refractivity contribution in [1.82, 2.24) is 15.5 Å². The van der Waals surface area contributed by atoms with Gasteiger partial charge in [-0.2, -0.15) is 0 Å². The van der Waals surface area contributed by atoms with E-state index in [1.54, 1.807) is 24.3 Å². The summed E-state index contributed by atoms with van der Waals surface area (Å²) in [5.41, 5.74) is 2.29. The molecule has 1 saturated heterocycles. The van der Waals surface area contributed by atoms with Crippen molar-refractivity contribution >= 4 is 17.8 Å². The Morgan fingerprint density at radius 1 is 1.15 bits per heavy atom. The fourth-order valence-corrected chi connectivity index (χ4v) is 3.29. The molecule has 4 rings (SSSR count). The number of hydrogen-bond donors (Lipinski definition) is 2. The highest BCUT2D eigenvalue weighted by atomic mass is 16.5. The Kier molecular flexibility index (Phi) is 4.50. The van der Waals surface area contributed by atoms with E-state index in [2.05, 4.69) is 10.6 Å². The van der Waals surface area contributed by atoms with Crippen LogP contribution in [0.25, 0.3) is 0 Å². The summed E-state index contributed by atoms with van der Waals surface area (Å²) in [4.78, 5) is 37.0. The molecule has 0 spiro atoms. The predicted molar refractivity (Wildman–Crippen MR) is 97.2 cm³/mol. The molecule has 0 aliphatic carbocycles. The van der Waals surface area contributed by atoms with Crippen molar-refractivity contribution in [1.29, 1.82) is 0 Å². The van der Waals surface area contributed by atoms with E-state index < -0.39 is 0 Å². The predicted octanol–water partition coefficient (Wildman–Crippen LogP) is 1.99. The van der Waals surface area contributed by atoms with Gasteiger partial charge in [0, 0.05) is 17.5 Å². The molecule has 7 heteroatoms. The third-order valence-electron chi connectivity index (χ3n) is 4.76. The van der Waals surface area contributed by atoms with Gasteiger partial charge in [-0.15, -0.1) is 0 Å². The zero-order valence-electron chi connectivity index (χ0n) is 14.6. The zero-order valence-corrected chi connectivity index (χ0v) is 14.6. The van der Waals surface area contributed by atoms with Gasteiger partial charge in [-0.25, -0.2) is 4.79 Å². The SMILES string of the molecule is O=C(N[C@H]1CCOc2ccccc21)c1ccc(CN2C(=O)CNC2=O)cc1. The first-order valence-corrected chi connectivity index (χ1v) is 8.81. The summed E-state index contributed by atoms with van der Waals surface area (Å²) in [6, 6.07) is 14.1. The highest BCUT2D eigenvalue weighted by Crippen LogP contribution is 2.31.